The average molecular weight is 435 g/mol. The van der Waals surface area contributed by atoms with Gasteiger partial charge in [0.2, 0.25) is 5.91 Å². The highest BCUT2D eigenvalue weighted by molar-refractivity contribution is 6.03. The average Bonchev–Trinajstić information content (AvgIpc) is 3.50. The van der Waals surface area contributed by atoms with Crippen LogP contribution in [0.2, 0.25) is 0 Å². The van der Waals surface area contributed by atoms with Gasteiger partial charge in [0.25, 0.3) is 0 Å². The number of hydrazone groups is 1. The van der Waals surface area contributed by atoms with Crippen LogP contribution >= 0.6 is 0 Å². The zero-order chi connectivity index (χ0) is 22.8. The molecular formula is C28H26N4O. The fourth-order valence-corrected chi connectivity index (χ4v) is 4.35. The Morgan fingerprint density at radius 3 is 2.33 bits per heavy atom. The molecule has 164 valence electrons. The Labute approximate surface area is 194 Å². The number of nitrogens with zero attached hydrogens (tertiary/aromatic N) is 4. The third-order valence-electron chi connectivity index (χ3n) is 6.07. The second-order valence-electron chi connectivity index (χ2n) is 8.26. The number of carbonyl (C=O) groups excluding carboxylic acids is 1. The van der Waals surface area contributed by atoms with Crippen LogP contribution in [0.5, 0.6) is 0 Å². The van der Waals surface area contributed by atoms with Crippen LogP contribution in [-0.2, 0) is 11.2 Å². The summed E-state index contributed by atoms with van der Waals surface area (Å²) in [6.45, 7) is 3.72. The van der Waals surface area contributed by atoms with E-state index in [9.17, 15) is 4.79 Å². The van der Waals surface area contributed by atoms with E-state index in [1.807, 2.05) is 59.4 Å². The lowest BCUT2D eigenvalue weighted by Crippen LogP contribution is -2.24. The van der Waals surface area contributed by atoms with Gasteiger partial charge in [-0.05, 0) is 35.7 Å². The molecule has 4 aromatic rings. The van der Waals surface area contributed by atoms with Gasteiger partial charge in [0, 0.05) is 30.7 Å². The molecule has 5 nitrogen and oxygen atoms in total. The van der Waals surface area contributed by atoms with E-state index in [1.54, 1.807) is 11.9 Å². The Kier molecular flexibility index (Phi) is 5.61. The fraction of sp³-hybridized carbons (Fsp3) is 0.179. The number of aromatic nitrogens is 2. The lowest BCUT2D eigenvalue weighted by molar-refractivity contribution is -0.130. The first-order chi connectivity index (χ1) is 16.1. The number of hydrogen-bond acceptors (Lipinski definition) is 3. The molecule has 2 heterocycles. The largest absolute Gasteiger partial charge is 0.273 e. The van der Waals surface area contributed by atoms with E-state index in [0.29, 0.717) is 6.42 Å². The van der Waals surface area contributed by atoms with Crippen LogP contribution in [0.15, 0.2) is 96.2 Å². The summed E-state index contributed by atoms with van der Waals surface area (Å²) in [6, 6.07) is 28.4. The van der Waals surface area contributed by atoms with Crippen LogP contribution in [0.3, 0.4) is 0 Å². The van der Waals surface area contributed by atoms with Crippen LogP contribution in [0, 0.1) is 0 Å². The summed E-state index contributed by atoms with van der Waals surface area (Å²) >= 11 is 0. The number of rotatable bonds is 5. The second-order valence-corrected chi connectivity index (χ2v) is 8.26. The van der Waals surface area contributed by atoms with Crippen LogP contribution in [0.25, 0.3) is 16.9 Å². The molecule has 0 saturated heterocycles. The minimum absolute atomic E-state index is 0.0758. The molecule has 1 amide bonds. The van der Waals surface area contributed by atoms with E-state index in [4.69, 9.17) is 10.2 Å². The van der Waals surface area contributed by atoms with Gasteiger partial charge in [-0.3, -0.25) is 4.79 Å². The predicted molar refractivity (Wildman–Crippen MR) is 131 cm³/mol. The van der Waals surface area contributed by atoms with E-state index in [1.165, 1.54) is 5.56 Å². The molecule has 0 saturated carbocycles. The molecule has 1 aliphatic heterocycles. The molecule has 0 fully saturated rings. The Hall–Kier alpha value is -3.99. The van der Waals surface area contributed by atoms with Gasteiger partial charge >= 0.3 is 0 Å². The summed E-state index contributed by atoms with van der Waals surface area (Å²) in [7, 11) is 0. The van der Waals surface area contributed by atoms with Crippen molar-refractivity contribution >= 4 is 11.6 Å². The highest BCUT2D eigenvalue weighted by atomic mass is 16.2. The first-order valence-electron chi connectivity index (χ1n) is 11.3. The molecular weight excluding hydrogens is 408 g/mol. The molecule has 0 spiro atoms. The summed E-state index contributed by atoms with van der Waals surface area (Å²) in [6.07, 6.45) is 3.65. The summed E-state index contributed by atoms with van der Waals surface area (Å²) in [5, 5.41) is 11.3. The molecule has 3 aromatic carbocycles. The number of amides is 1. The molecule has 1 atom stereocenters. The molecule has 0 aliphatic carbocycles. The predicted octanol–water partition coefficient (Wildman–Crippen LogP) is 5.80. The van der Waals surface area contributed by atoms with Crippen molar-refractivity contribution in [2.24, 2.45) is 5.10 Å². The minimum atomic E-state index is -0.213. The Balaban J connectivity index is 1.60. The highest BCUT2D eigenvalue weighted by Gasteiger charge is 2.34. The van der Waals surface area contributed by atoms with Crippen molar-refractivity contribution in [2.45, 2.75) is 32.7 Å². The number of benzene rings is 3. The quantitative estimate of drug-likeness (QED) is 0.399. The summed E-state index contributed by atoms with van der Waals surface area (Å²) in [4.78, 5) is 12.6. The molecule has 0 radical (unpaired) electrons. The molecule has 33 heavy (non-hydrogen) atoms. The molecule has 1 aliphatic rings. The monoisotopic (exact) mass is 434 g/mol. The van der Waals surface area contributed by atoms with E-state index < -0.39 is 0 Å². The SMILES string of the molecule is CCc1cccc(C2=NN(C(C)=O)[C@H](c3cn(-c4ccccc4)nc3-c3ccccc3)C2)c1. The lowest BCUT2D eigenvalue weighted by atomic mass is 9.95. The molecule has 0 N–H and O–H groups in total. The molecule has 1 aromatic heterocycles. The van der Waals surface area contributed by atoms with Gasteiger partial charge in [-0.1, -0.05) is 73.7 Å². The van der Waals surface area contributed by atoms with Crippen LogP contribution in [0.4, 0.5) is 0 Å². The zero-order valence-electron chi connectivity index (χ0n) is 18.8. The maximum atomic E-state index is 12.6. The molecule has 5 heteroatoms. The Bertz CT molecular complexity index is 1310. The molecule has 0 unspecified atom stereocenters. The van der Waals surface area contributed by atoms with E-state index >= 15 is 0 Å². The van der Waals surface area contributed by atoms with Crippen molar-refractivity contribution in [3.8, 4) is 16.9 Å². The van der Waals surface area contributed by atoms with Gasteiger partial charge in [0.1, 0.15) is 0 Å². The van der Waals surface area contributed by atoms with Crippen LogP contribution in [-0.4, -0.2) is 26.4 Å². The maximum Gasteiger partial charge on any atom is 0.240 e. The van der Waals surface area contributed by atoms with Gasteiger partial charge in [-0.2, -0.15) is 10.2 Å². The van der Waals surface area contributed by atoms with Crippen molar-refractivity contribution < 1.29 is 4.79 Å². The third-order valence-corrected chi connectivity index (χ3v) is 6.07. The van der Waals surface area contributed by atoms with Crippen molar-refractivity contribution in [3.05, 3.63) is 108 Å². The van der Waals surface area contributed by atoms with Gasteiger partial charge in [0.15, 0.2) is 0 Å². The first kappa shape index (κ1) is 20.9. The van der Waals surface area contributed by atoms with Crippen LogP contribution < -0.4 is 0 Å². The van der Waals surface area contributed by atoms with E-state index in [-0.39, 0.29) is 11.9 Å². The summed E-state index contributed by atoms with van der Waals surface area (Å²) in [5.74, 6) is -0.0758. The molecule has 0 bridgehead atoms. The number of aryl methyl sites for hydroxylation is 1. The fourth-order valence-electron chi connectivity index (χ4n) is 4.35. The number of hydrogen-bond donors (Lipinski definition) is 0. The minimum Gasteiger partial charge on any atom is -0.273 e. The second kappa shape index (κ2) is 8.87. The highest BCUT2D eigenvalue weighted by Crippen LogP contribution is 2.38. The standard InChI is InChI=1S/C28H26N4O/c1-3-21-11-10-14-23(17-21)26-18-27(32(29-26)20(2)33)25-19-31(24-15-8-5-9-16-24)30-28(25)22-12-6-4-7-13-22/h4-17,19,27H,3,18H2,1-2H3/t27-/m0/s1. The normalized spacial score (nSPS) is 15.5. The van der Waals surface area contributed by atoms with Gasteiger partial charge < -0.3 is 0 Å². The topological polar surface area (TPSA) is 50.5 Å². The van der Waals surface area contributed by atoms with Crippen molar-refractivity contribution in [2.75, 3.05) is 0 Å². The van der Waals surface area contributed by atoms with Crippen LogP contribution in [0.1, 0.15) is 43.0 Å². The van der Waals surface area contributed by atoms with E-state index in [0.717, 1.165) is 40.2 Å². The first-order valence-corrected chi connectivity index (χ1v) is 11.3. The van der Waals surface area contributed by atoms with Crippen molar-refractivity contribution in [1.29, 1.82) is 0 Å². The third kappa shape index (κ3) is 4.10. The lowest BCUT2D eigenvalue weighted by Gasteiger charge is -2.20. The van der Waals surface area contributed by atoms with Gasteiger partial charge in [0.05, 0.1) is 23.1 Å². The molecule has 5 rings (SSSR count). The van der Waals surface area contributed by atoms with Gasteiger partial charge in [-0.25, -0.2) is 9.69 Å². The maximum absolute atomic E-state index is 12.6. The number of carbonyl (C=O) groups is 1. The van der Waals surface area contributed by atoms with E-state index in [2.05, 4.69) is 43.3 Å². The Morgan fingerprint density at radius 2 is 1.64 bits per heavy atom. The summed E-state index contributed by atoms with van der Waals surface area (Å²) in [5.41, 5.74) is 7.11. The van der Waals surface area contributed by atoms with Crippen molar-refractivity contribution in [3.63, 3.8) is 0 Å². The Morgan fingerprint density at radius 1 is 0.939 bits per heavy atom. The zero-order valence-corrected chi connectivity index (χ0v) is 18.8. The summed E-state index contributed by atoms with van der Waals surface area (Å²) < 4.78 is 1.89. The number of para-hydroxylation sites is 1. The van der Waals surface area contributed by atoms with Gasteiger partial charge in [-0.15, -0.1) is 0 Å². The smallest absolute Gasteiger partial charge is 0.240 e. The van der Waals surface area contributed by atoms with Crippen molar-refractivity contribution in [1.82, 2.24) is 14.8 Å².